The highest BCUT2D eigenvalue weighted by molar-refractivity contribution is 5.85. The third-order valence-corrected chi connectivity index (χ3v) is 6.09. The molecule has 4 aromatic rings. The van der Waals surface area contributed by atoms with Crippen molar-refractivity contribution in [2.75, 3.05) is 0 Å². The first-order valence-corrected chi connectivity index (χ1v) is 11.7. The number of hydrogen-bond acceptors (Lipinski definition) is 0. The van der Waals surface area contributed by atoms with Gasteiger partial charge in [0, 0.05) is 16.5 Å². The van der Waals surface area contributed by atoms with Gasteiger partial charge in [0.15, 0.2) is 0 Å². The van der Waals surface area contributed by atoms with Crippen LogP contribution >= 0.6 is 0 Å². The summed E-state index contributed by atoms with van der Waals surface area (Å²) in [5.41, 5.74) is 6.49. The molecule has 0 saturated heterocycles. The highest BCUT2D eigenvalue weighted by Crippen LogP contribution is 2.23. The Kier molecular flexibility index (Phi) is 7.38. The van der Waals surface area contributed by atoms with Crippen LogP contribution in [0.3, 0.4) is 0 Å². The Morgan fingerprint density at radius 1 is 0.727 bits per heavy atom. The lowest BCUT2D eigenvalue weighted by atomic mass is 9.98. The molecule has 0 saturated carbocycles. The molecule has 0 aliphatic carbocycles. The molecule has 0 bridgehead atoms. The second-order valence-electron chi connectivity index (χ2n) is 8.42. The van der Waals surface area contributed by atoms with Crippen LogP contribution in [0.15, 0.2) is 91.5 Å². The van der Waals surface area contributed by atoms with E-state index in [1.165, 1.54) is 16.7 Å². The maximum Gasteiger partial charge on any atom is 0.134 e. The first-order valence-electron chi connectivity index (χ1n) is 11.7. The van der Waals surface area contributed by atoms with Gasteiger partial charge in [-0.2, -0.15) is 0 Å². The SMILES string of the molecule is C=CCCc1ccc(C#Cc2ccc3c(F)c(CCc4ccc(CC)cc4)ccc3c2)cc1. The standard InChI is InChI=1S/C32H29F/c1-3-5-6-25-11-13-26(14-12-25)15-16-28-18-22-31-30(23-28)21-20-29(32(31)33)19-17-27-9-7-24(4-2)8-10-27/h3,7-14,18,20-23H,1,4-6,17,19H2,2H3. The van der Waals surface area contributed by atoms with E-state index in [1.807, 2.05) is 48.5 Å². The monoisotopic (exact) mass is 432 g/mol. The fourth-order valence-electron chi connectivity index (χ4n) is 4.00. The molecule has 0 spiro atoms. The zero-order valence-corrected chi connectivity index (χ0v) is 19.2. The Labute approximate surface area is 196 Å². The largest absolute Gasteiger partial charge is 0.206 e. The summed E-state index contributed by atoms with van der Waals surface area (Å²) in [6, 6.07) is 26.6. The average Bonchev–Trinajstić information content (AvgIpc) is 2.86. The summed E-state index contributed by atoms with van der Waals surface area (Å²) in [5.74, 6) is 6.32. The molecule has 0 aromatic heterocycles. The van der Waals surface area contributed by atoms with Crippen molar-refractivity contribution in [3.63, 3.8) is 0 Å². The minimum absolute atomic E-state index is 0.118. The third-order valence-electron chi connectivity index (χ3n) is 6.09. The lowest BCUT2D eigenvalue weighted by Crippen LogP contribution is -1.96. The lowest BCUT2D eigenvalue weighted by Gasteiger charge is -2.08. The fourth-order valence-corrected chi connectivity index (χ4v) is 4.00. The van der Waals surface area contributed by atoms with Gasteiger partial charge in [-0.15, -0.1) is 6.58 Å². The number of aryl methyl sites for hydroxylation is 4. The van der Waals surface area contributed by atoms with Gasteiger partial charge in [0.05, 0.1) is 0 Å². The van der Waals surface area contributed by atoms with E-state index in [-0.39, 0.29) is 5.82 Å². The van der Waals surface area contributed by atoms with Crippen LogP contribution in [0.2, 0.25) is 0 Å². The summed E-state index contributed by atoms with van der Waals surface area (Å²) >= 11 is 0. The maximum absolute atomic E-state index is 15.2. The van der Waals surface area contributed by atoms with Crippen LogP contribution in [-0.4, -0.2) is 0 Å². The van der Waals surface area contributed by atoms with Gasteiger partial charge in [0.2, 0.25) is 0 Å². The van der Waals surface area contributed by atoms with Crippen LogP contribution in [0.5, 0.6) is 0 Å². The summed E-state index contributed by atoms with van der Waals surface area (Å²) in [5, 5.41) is 1.54. The number of fused-ring (bicyclic) bond motifs is 1. The van der Waals surface area contributed by atoms with Gasteiger partial charge in [0.1, 0.15) is 5.82 Å². The molecule has 0 heterocycles. The first kappa shape index (κ1) is 22.6. The summed E-state index contributed by atoms with van der Waals surface area (Å²) in [6.07, 6.45) is 6.48. The minimum Gasteiger partial charge on any atom is -0.206 e. The van der Waals surface area contributed by atoms with E-state index in [4.69, 9.17) is 0 Å². The second kappa shape index (κ2) is 10.8. The molecule has 0 atom stereocenters. The van der Waals surface area contributed by atoms with Crippen LogP contribution in [0.25, 0.3) is 10.8 Å². The summed E-state index contributed by atoms with van der Waals surface area (Å²) in [6.45, 7) is 5.92. The highest BCUT2D eigenvalue weighted by atomic mass is 19.1. The van der Waals surface area contributed by atoms with Crippen molar-refractivity contribution in [3.05, 3.63) is 131 Å². The van der Waals surface area contributed by atoms with Crippen LogP contribution < -0.4 is 0 Å². The first-order chi connectivity index (χ1) is 16.2. The number of halogens is 1. The molecule has 1 heteroatoms. The molecule has 4 rings (SSSR count). The Morgan fingerprint density at radius 2 is 1.36 bits per heavy atom. The maximum atomic E-state index is 15.2. The molecule has 0 aliphatic rings. The molecule has 4 aromatic carbocycles. The molecule has 33 heavy (non-hydrogen) atoms. The van der Waals surface area contributed by atoms with Crippen molar-refractivity contribution >= 4 is 10.8 Å². The zero-order chi connectivity index (χ0) is 23.0. The average molecular weight is 433 g/mol. The molecule has 0 amide bonds. The Balaban J connectivity index is 1.47. The molecular formula is C32H29F. The van der Waals surface area contributed by atoms with Gasteiger partial charge in [-0.3, -0.25) is 0 Å². The van der Waals surface area contributed by atoms with Gasteiger partial charge >= 0.3 is 0 Å². The van der Waals surface area contributed by atoms with Crippen molar-refractivity contribution in [2.45, 2.75) is 39.0 Å². The van der Waals surface area contributed by atoms with Crippen molar-refractivity contribution in [3.8, 4) is 11.8 Å². The minimum atomic E-state index is -0.118. The van der Waals surface area contributed by atoms with Gasteiger partial charge in [-0.25, -0.2) is 4.39 Å². The van der Waals surface area contributed by atoms with Crippen molar-refractivity contribution in [1.29, 1.82) is 0 Å². The van der Waals surface area contributed by atoms with E-state index in [0.717, 1.165) is 47.8 Å². The van der Waals surface area contributed by atoms with Crippen LogP contribution in [0.4, 0.5) is 4.39 Å². The Bertz CT molecular complexity index is 1300. The molecule has 164 valence electrons. The van der Waals surface area contributed by atoms with Gasteiger partial charge in [-0.1, -0.05) is 79.4 Å². The molecule has 0 fully saturated rings. The van der Waals surface area contributed by atoms with E-state index in [0.29, 0.717) is 11.8 Å². The van der Waals surface area contributed by atoms with Gasteiger partial charge in [0.25, 0.3) is 0 Å². The van der Waals surface area contributed by atoms with Crippen molar-refractivity contribution in [1.82, 2.24) is 0 Å². The molecule has 0 nitrogen and oxygen atoms in total. The van der Waals surface area contributed by atoms with Gasteiger partial charge < -0.3 is 0 Å². The zero-order valence-electron chi connectivity index (χ0n) is 19.2. The van der Waals surface area contributed by atoms with E-state index in [9.17, 15) is 0 Å². The molecule has 0 radical (unpaired) electrons. The topological polar surface area (TPSA) is 0 Å². The highest BCUT2D eigenvalue weighted by Gasteiger charge is 2.08. The molecular weight excluding hydrogens is 403 g/mol. The van der Waals surface area contributed by atoms with E-state index < -0.39 is 0 Å². The van der Waals surface area contributed by atoms with Crippen LogP contribution in [0, 0.1) is 17.7 Å². The van der Waals surface area contributed by atoms with E-state index >= 15 is 4.39 Å². The smallest absolute Gasteiger partial charge is 0.134 e. The predicted molar refractivity (Wildman–Crippen MR) is 138 cm³/mol. The van der Waals surface area contributed by atoms with Crippen LogP contribution in [0.1, 0.15) is 46.7 Å². The number of hydrogen-bond donors (Lipinski definition) is 0. The Morgan fingerprint density at radius 3 is 2.09 bits per heavy atom. The van der Waals surface area contributed by atoms with Crippen LogP contribution in [-0.2, 0) is 25.7 Å². The third kappa shape index (κ3) is 5.79. The summed E-state index contributed by atoms with van der Waals surface area (Å²) in [7, 11) is 0. The van der Waals surface area contributed by atoms with Crippen molar-refractivity contribution < 1.29 is 4.39 Å². The quantitative estimate of drug-likeness (QED) is 0.206. The number of benzene rings is 4. The van der Waals surface area contributed by atoms with E-state index in [1.54, 1.807) is 0 Å². The molecule has 0 unspecified atom stereocenters. The number of allylic oxidation sites excluding steroid dienone is 1. The fraction of sp³-hybridized carbons (Fsp3) is 0.188. The van der Waals surface area contributed by atoms with Gasteiger partial charge in [-0.05, 0) is 84.0 Å². The normalized spacial score (nSPS) is 10.6. The summed E-state index contributed by atoms with van der Waals surface area (Å²) < 4.78 is 15.2. The predicted octanol–water partition coefficient (Wildman–Crippen LogP) is 7.84. The Hall–Kier alpha value is -3.63. The van der Waals surface area contributed by atoms with E-state index in [2.05, 4.69) is 61.7 Å². The molecule has 0 aliphatic heterocycles. The molecule has 0 N–H and O–H groups in total. The number of rotatable bonds is 7. The lowest BCUT2D eigenvalue weighted by molar-refractivity contribution is 0.620. The summed E-state index contributed by atoms with van der Waals surface area (Å²) in [4.78, 5) is 0. The second-order valence-corrected chi connectivity index (χ2v) is 8.42. The van der Waals surface area contributed by atoms with Crippen molar-refractivity contribution in [2.24, 2.45) is 0 Å².